The van der Waals surface area contributed by atoms with E-state index in [0.29, 0.717) is 27.1 Å². The number of benzene rings is 3. The second kappa shape index (κ2) is 13.0. The fourth-order valence-corrected chi connectivity index (χ4v) is 10.8. The number of aromatic carboxylic acids is 1. The van der Waals surface area contributed by atoms with E-state index < -0.39 is 47.3 Å². The predicted octanol–water partition coefficient (Wildman–Crippen LogP) is 8.10. The Morgan fingerprint density at radius 1 is 0.833 bits per heavy atom. The van der Waals surface area contributed by atoms with Crippen LogP contribution in [0.2, 0.25) is 0 Å². The minimum Gasteiger partial charge on any atom is -0.478 e. The number of anilines is 1. The van der Waals surface area contributed by atoms with Crippen LogP contribution in [-0.4, -0.2) is 47.5 Å². The third-order valence-corrected chi connectivity index (χ3v) is 13.4. The van der Waals surface area contributed by atoms with Crippen LogP contribution in [-0.2, 0) is 4.57 Å². The van der Waals surface area contributed by atoms with Crippen molar-refractivity contribution < 1.29 is 32.2 Å². The number of fused-ring (bicyclic) bond motifs is 2. The molecule has 48 heavy (non-hydrogen) atoms. The average Bonchev–Trinajstić information content (AvgIpc) is 3.56. The summed E-state index contributed by atoms with van der Waals surface area (Å²) in [5, 5.41) is 11.7. The fraction of sp³-hybridized carbons (Fsp3) is 0.333. The van der Waals surface area contributed by atoms with Crippen LogP contribution >= 0.6 is 7.14 Å². The Labute approximate surface area is 279 Å². The van der Waals surface area contributed by atoms with Crippen LogP contribution in [0.15, 0.2) is 77.6 Å². The van der Waals surface area contributed by atoms with Crippen molar-refractivity contribution in [3.63, 3.8) is 0 Å². The second-order valence-electron chi connectivity index (χ2n) is 13.1. The Hall–Kier alpha value is -4.16. The first kappa shape index (κ1) is 32.4. The molecule has 2 fully saturated rings. The van der Waals surface area contributed by atoms with Crippen molar-refractivity contribution in [3.05, 3.63) is 117 Å². The topological polar surface area (TPSA) is 60.6 Å². The molecule has 2 saturated heterocycles. The van der Waals surface area contributed by atoms with Crippen LogP contribution in [0.5, 0.6) is 0 Å². The molecule has 0 aromatic heterocycles. The average molecular weight is 672 g/mol. The number of allylic oxidation sites excluding steroid dienone is 5. The highest BCUT2D eigenvalue weighted by Crippen LogP contribution is 2.62. The molecule has 1 unspecified atom stereocenters. The maximum atomic E-state index is 16.4. The Morgan fingerprint density at radius 3 is 2.17 bits per heavy atom. The number of carboxylic acids is 1. The maximum absolute atomic E-state index is 16.4. The van der Waals surface area contributed by atoms with Crippen molar-refractivity contribution in [2.45, 2.75) is 58.3 Å². The van der Waals surface area contributed by atoms with Gasteiger partial charge in [-0.05, 0) is 62.0 Å². The summed E-state index contributed by atoms with van der Waals surface area (Å²) in [7, 11) is -3.68. The van der Waals surface area contributed by atoms with Crippen LogP contribution in [0.1, 0.15) is 78.4 Å². The van der Waals surface area contributed by atoms with E-state index in [9.17, 15) is 14.3 Å². The first-order chi connectivity index (χ1) is 23.2. The number of carbonyl (C=O) groups is 1. The predicted molar refractivity (Wildman–Crippen MR) is 185 cm³/mol. The van der Waals surface area contributed by atoms with E-state index in [1.165, 1.54) is 0 Å². The van der Waals surface area contributed by atoms with Gasteiger partial charge in [-0.1, -0.05) is 49.2 Å². The summed E-state index contributed by atoms with van der Waals surface area (Å²) in [6.07, 6.45) is 14.1. The highest BCUT2D eigenvalue weighted by molar-refractivity contribution is 7.83. The lowest BCUT2D eigenvalue weighted by Gasteiger charge is -2.35. The lowest BCUT2D eigenvalue weighted by molar-refractivity contribution is -0.524. The van der Waals surface area contributed by atoms with Gasteiger partial charge in [-0.3, -0.25) is 0 Å². The minimum absolute atomic E-state index is 0.101. The van der Waals surface area contributed by atoms with E-state index >= 15 is 13.3 Å². The fourth-order valence-electron chi connectivity index (χ4n) is 7.71. The van der Waals surface area contributed by atoms with Gasteiger partial charge in [0, 0.05) is 76.4 Å². The minimum atomic E-state index is -3.68. The largest absolute Gasteiger partial charge is 0.478 e. The van der Waals surface area contributed by atoms with E-state index in [4.69, 9.17) is 0 Å². The van der Waals surface area contributed by atoms with Gasteiger partial charge in [0.25, 0.3) is 0 Å². The zero-order chi connectivity index (χ0) is 33.6. The highest BCUT2D eigenvalue weighted by atomic mass is 31.2. The van der Waals surface area contributed by atoms with E-state index in [1.54, 1.807) is 12.1 Å². The molecule has 1 atom stereocenters. The molecule has 3 aliphatic heterocycles. The lowest BCUT2D eigenvalue weighted by Crippen LogP contribution is -2.31. The summed E-state index contributed by atoms with van der Waals surface area (Å²) in [6.45, 7) is 4.44. The SMILES string of the molecule is Cc1c(F)c(F)c(C(=O)O)c(C2=C3C=CC(=[N+]4CCCCCC4)C=C3P(=O)(c3ccccc3)c3cc(N4CCCCCC4)ccc32)c1F. The molecule has 3 aromatic carbocycles. The molecular weight excluding hydrogens is 632 g/mol. The zero-order valence-electron chi connectivity index (χ0n) is 27.1. The van der Waals surface area contributed by atoms with Gasteiger partial charge in [-0.25, -0.2) is 22.5 Å². The number of carboxylic acid groups (broad SMARTS) is 1. The van der Waals surface area contributed by atoms with Crippen LogP contribution in [0.4, 0.5) is 18.9 Å². The summed E-state index contributed by atoms with van der Waals surface area (Å²) in [5.41, 5.74) is 0.326. The maximum Gasteiger partial charge on any atom is 0.339 e. The van der Waals surface area contributed by atoms with Crippen molar-refractivity contribution in [3.8, 4) is 0 Å². The summed E-state index contributed by atoms with van der Waals surface area (Å²) in [6, 6.07) is 14.8. The number of nitrogens with zero attached hydrogens (tertiary/aromatic N) is 2. The number of hydrogen-bond donors (Lipinski definition) is 1. The van der Waals surface area contributed by atoms with Gasteiger partial charge in [0.15, 0.2) is 18.8 Å². The van der Waals surface area contributed by atoms with Crippen LogP contribution in [0.3, 0.4) is 0 Å². The van der Waals surface area contributed by atoms with E-state index in [0.717, 1.165) is 95.9 Å². The monoisotopic (exact) mass is 671 g/mol. The number of halogens is 3. The van der Waals surface area contributed by atoms with Crippen molar-refractivity contribution in [1.29, 1.82) is 0 Å². The zero-order valence-corrected chi connectivity index (χ0v) is 28.0. The quantitative estimate of drug-likeness (QED) is 0.173. The molecule has 3 aromatic rings. The molecule has 1 N–H and O–H groups in total. The van der Waals surface area contributed by atoms with Crippen molar-refractivity contribution in [2.75, 3.05) is 31.1 Å². The molecule has 5 nitrogen and oxygen atoms in total. The molecule has 0 amide bonds. The number of rotatable bonds is 4. The summed E-state index contributed by atoms with van der Waals surface area (Å²) in [5.74, 6) is -6.09. The van der Waals surface area contributed by atoms with Gasteiger partial charge in [-0.15, -0.1) is 0 Å². The van der Waals surface area contributed by atoms with Gasteiger partial charge in [0.1, 0.15) is 24.5 Å². The molecule has 7 rings (SSSR count). The summed E-state index contributed by atoms with van der Waals surface area (Å²) >= 11 is 0. The first-order valence-electron chi connectivity index (χ1n) is 16.9. The van der Waals surface area contributed by atoms with Gasteiger partial charge >= 0.3 is 5.97 Å². The number of hydrogen-bond acceptors (Lipinski definition) is 3. The van der Waals surface area contributed by atoms with Crippen molar-refractivity contribution in [2.24, 2.45) is 0 Å². The molecule has 0 spiro atoms. The molecule has 3 heterocycles. The van der Waals surface area contributed by atoms with Crippen LogP contribution in [0.25, 0.3) is 5.57 Å². The summed E-state index contributed by atoms with van der Waals surface area (Å²) in [4.78, 5) is 14.9. The Balaban J connectivity index is 1.60. The third-order valence-electron chi connectivity index (χ3n) is 10.2. The molecule has 0 bridgehead atoms. The first-order valence-corrected chi connectivity index (χ1v) is 18.7. The molecular formula is C39H39F3N2O3P+. The molecule has 0 saturated carbocycles. The third kappa shape index (κ3) is 5.38. The van der Waals surface area contributed by atoms with E-state index in [2.05, 4.69) is 9.48 Å². The van der Waals surface area contributed by atoms with Crippen molar-refractivity contribution >= 4 is 40.7 Å². The Bertz CT molecular complexity index is 1980. The smallest absolute Gasteiger partial charge is 0.339 e. The van der Waals surface area contributed by atoms with Crippen LogP contribution < -0.4 is 15.5 Å². The molecule has 4 aliphatic rings. The highest BCUT2D eigenvalue weighted by Gasteiger charge is 2.45. The van der Waals surface area contributed by atoms with E-state index in [1.807, 2.05) is 54.6 Å². The lowest BCUT2D eigenvalue weighted by atomic mass is 9.85. The molecule has 1 aliphatic carbocycles. The second-order valence-corrected chi connectivity index (χ2v) is 15.8. The normalized spacial score (nSPS) is 21.3. The van der Waals surface area contributed by atoms with Crippen molar-refractivity contribution in [1.82, 2.24) is 0 Å². The summed E-state index contributed by atoms with van der Waals surface area (Å²) < 4.78 is 65.3. The van der Waals surface area contributed by atoms with Gasteiger partial charge in [-0.2, -0.15) is 0 Å². The van der Waals surface area contributed by atoms with Gasteiger partial charge in [0.05, 0.1) is 0 Å². The van der Waals surface area contributed by atoms with Crippen LogP contribution in [0, 0.1) is 24.4 Å². The Kier molecular flexibility index (Phi) is 8.80. The molecule has 9 heteroatoms. The molecule has 248 valence electrons. The van der Waals surface area contributed by atoms with E-state index in [-0.39, 0.29) is 5.57 Å². The van der Waals surface area contributed by atoms with Gasteiger partial charge < -0.3 is 14.6 Å². The standard InChI is InChI=1S/C39H38F3N2O3P/c1-25-36(40)34(35(39(45)46)38(42)37(25)41)33-29-17-15-26(43-19-9-2-3-10-20-43)23-31(29)48(47,28-13-7-6-8-14-28)32-24-27(16-18-30(32)33)44-21-11-4-5-12-22-44/h6-8,13-18,23-24H,2-5,9-12,19-22H2,1H3/p+1. The molecule has 0 radical (unpaired) electrons. The van der Waals surface area contributed by atoms with Gasteiger partial charge in [0.2, 0.25) is 5.71 Å². The Morgan fingerprint density at radius 2 is 1.50 bits per heavy atom.